The number of carbonyl (C=O) groups excluding carboxylic acids is 2. The van der Waals surface area contributed by atoms with Crippen LogP contribution in [0.4, 0.5) is 10.5 Å². The second-order valence-corrected chi connectivity index (χ2v) is 11.1. The third kappa shape index (κ3) is 3.86. The minimum absolute atomic E-state index is 0.0294. The molecule has 5 heterocycles. The van der Waals surface area contributed by atoms with E-state index in [0.717, 1.165) is 55.8 Å². The second-order valence-electron chi connectivity index (χ2n) is 8.96. The zero-order valence-electron chi connectivity index (χ0n) is 18.2. The van der Waals surface area contributed by atoms with Crippen molar-refractivity contribution in [1.82, 2.24) is 21.3 Å². The highest BCUT2D eigenvalue weighted by atomic mass is 32.2. The molecule has 4 aliphatic heterocycles. The Hall–Kier alpha value is -2.33. The van der Waals surface area contributed by atoms with Crippen molar-refractivity contribution in [2.45, 2.75) is 36.7 Å². The van der Waals surface area contributed by atoms with Crippen LogP contribution in [0, 0.1) is 5.92 Å². The Morgan fingerprint density at radius 2 is 2.00 bits per heavy atom. The Kier molecular flexibility index (Phi) is 5.65. The van der Waals surface area contributed by atoms with Crippen LogP contribution < -0.4 is 26.2 Å². The zero-order chi connectivity index (χ0) is 22.4. The number of amides is 3. The van der Waals surface area contributed by atoms with E-state index in [1.807, 2.05) is 23.1 Å². The number of hydrogen-bond acceptors (Lipinski definition) is 6. The van der Waals surface area contributed by atoms with E-state index in [1.54, 1.807) is 23.1 Å². The van der Waals surface area contributed by atoms with Crippen LogP contribution >= 0.6 is 23.1 Å². The number of carbonyl (C=O) groups is 2. The molecule has 3 amide bonds. The molecule has 0 radical (unpaired) electrons. The standard InChI is InChI=1S/C24H27N5O2S2/c30-22(27-15-3-1-10-25-13-15)21-20-19-17(9-11-26-23(19)33-21)29(24(31)28-20)16-7-5-14(6-8-16)18-4-2-12-32-18/h2,4-8,12,15,17,19,23,25-26H,1,3,9-11,13H2,(H,27,30)(H,28,31)/t15-,17?,19?,23?/m1/s1. The van der Waals surface area contributed by atoms with E-state index < -0.39 is 0 Å². The van der Waals surface area contributed by atoms with E-state index in [9.17, 15) is 9.59 Å². The number of thioether (sulfide) groups is 1. The van der Waals surface area contributed by atoms with Crippen LogP contribution in [0.1, 0.15) is 19.3 Å². The average molecular weight is 482 g/mol. The predicted molar refractivity (Wildman–Crippen MR) is 133 cm³/mol. The van der Waals surface area contributed by atoms with Crippen LogP contribution in [-0.4, -0.2) is 49.0 Å². The lowest BCUT2D eigenvalue weighted by Gasteiger charge is -2.45. The molecule has 3 fully saturated rings. The lowest BCUT2D eigenvalue weighted by atomic mass is 9.86. The molecule has 9 heteroatoms. The number of nitrogens with one attached hydrogen (secondary N) is 4. The van der Waals surface area contributed by atoms with Crippen molar-refractivity contribution in [3.8, 4) is 10.4 Å². The topological polar surface area (TPSA) is 85.5 Å². The molecule has 33 heavy (non-hydrogen) atoms. The summed E-state index contributed by atoms with van der Waals surface area (Å²) in [4.78, 5) is 30.3. The van der Waals surface area contributed by atoms with Crippen molar-refractivity contribution in [2.24, 2.45) is 5.92 Å². The molecular weight excluding hydrogens is 454 g/mol. The number of benzene rings is 1. The van der Waals surface area contributed by atoms with Crippen LogP contribution in [0.3, 0.4) is 0 Å². The van der Waals surface area contributed by atoms with Gasteiger partial charge in [-0.1, -0.05) is 30.0 Å². The fraction of sp³-hybridized carbons (Fsp3) is 0.417. The average Bonchev–Trinajstić information content (AvgIpc) is 3.50. The fourth-order valence-electron chi connectivity index (χ4n) is 5.38. The summed E-state index contributed by atoms with van der Waals surface area (Å²) in [7, 11) is 0. The van der Waals surface area contributed by atoms with E-state index in [2.05, 4.69) is 44.8 Å². The van der Waals surface area contributed by atoms with E-state index >= 15 is 0 Å². The second kappa shape index (κ2) is 8.79. The number of piperidine rings is 2. The Morgan fingerprint density at radius 1 is 1.12 bits per heavy atom. The summed E-state index contributed by atoms with van der Waals surface area (Å²) in [6.45, 7) is 2.63. The first-order valence-corrected chi connectivity index (χ1v) is 13.3. The van der Waals surface area contributed by atoms with Gasteiger partial charge in [0, 0.05) is 34.8 Å². The Bertz CT molecular complexity index is 1080. The largest absolute Gasteiger partial charge is 0.348 e. The van der Waals surface area contributed by atoms with Gasteiger partial charge in [0.1, 0.15) is 0 Å². The first kappa shape index (κ1) is 21.2. The zero-order valence-corrected chi connectivity index (χ0v) is 19.8. The summed E-state index contributed by atoms with van der Waals surface area (Å²) in [5.41, 5.74) is 2.84. The molecule has 1 aromatic heterocycles. The lowest BCUT2D eigenvalue weighted by molar-refractivity contribution is -0.117. The monoisotopic (exact) mass is 481 g/mol. The van der Waals surface area contributed by atoms with Crippen molar-refractivity contribution in [2.75, 3.05) is 24.5 Å². The highest BCUT2D eigenvalue weighted by Crippen LogP contribution is 2.48. The van der Waals surface area contributed by atoms with Gasteiger partial charge >= 0.3 is 6.03 Å². The third-order valence-corrected chi connectivity index (χ3v) is 9.20. The van der Waals surface area contributed by atoms with Crippen LogP contribution in [-0.2, 0) is 4.79 Å². The van der Waals surface area contributed by atoms with Gasteiger partial charge in [0.15, 0.2) is 0 Å². The maximum Gasteiger partial charge on any atom is 0.326 e. The smallest absolute Gasteiger partial charge is 0.326 e. The first-order valence-electron chi connectivity index (χ1n) is 11.6. The number of rotatable bonds is 4. The summed E-state index contributed by atoms with van der Waals surface area (Å²) in [6, 6.07) is 12.4. The number of anilines is 1. The molecule has 0 aliphatic carbocycles. The molecule has 6 rings (SSSR count). The fourth-order valence-corrected chi connectivity index (χ4v) is 7.51. The molecule has 172 valence electrons. The van der Waals surface area contributed by atoms with Crippen LogP contribution in [0.15, 0.2) is 52.4 Å². The molecule has 4 N–H and O–H groups in total. The minimum atomic E-state index is -0.150. The van der Waals surface area contributed by atoms with Gasteiger partial charge in [-0.05, 0) is 61.5 Å². The van der Waals surface area contributed by atoms with Gasteiger partial charge in [0.25, 0.3) is 5.91 Å². The van der Waals surface area contributed by atoms with Crippen molar-refractivity contribution < 1.29 is 9.59 Å². The lowest BCUT2D eigenvalue weighted by Crippen LogP contribution is -2.62. The summed E-state index contributed by atoms with van der Waals surface area (Å²) >= 11 is 3.27. The van der Waals surface area contributed by atoms with E-state index in [4.69, 9.17) is 0 Å². The number of hydrogen-bond donors (Lipinski definition) is 4. The summed E-state index contributed by atoms with van der Waals surface area (Å²) in [5, 5.41) is 15.3. The number of thiophene rings is 1. The third-order valence-electron chi connectivity index (χ3n) is 6.93. The molecule has 0 spiro atoms. The molecule has 4 atom stereocenters. The molecule has 1 aromatic carbocycles. The van der Waals surface area contributed by atoms with Gasteiger partial charge in [0.05, 0.1) is 16.3 Å². The van der Waals surface area contributed by atoms with Crippen LogP contribution in [0.5, 0.6) is 0 Å². The SMILES string of the molecule is O=C(N[C@@H]1CCCNC1)C1=C2NC(=O)N(c3ccc(-c4cccs4)cc3)C3CCNC(S1)C23. The van der Waals surface area contributed by atoms with Crippen molar-refractivity contribution >= 4 is 40.7 Å². The molecule has 0 saturated carbocycles. The molecular formula is C24H27N5O2S2. The molecule has 2 aromatic rings. The van der Waals surface area contributed by atoms with Gasteiger partial charge in [0.2, 0.25) is 0 Å². The maximum atomic E-state index is 13.3. The van der Waals surface area contributed by atoms with Gasteiger partial charge in [-0.15, -0.1) is 11.3 Å². The van der Waals surface area contributed by atoms with Gasteiger partial charge in [-0.2, -0.15) is 0 Å². The minimum Gasteiger partial charge on any atom is -0.348 e. The molecule has 0 bridgehead atoms. The van der Waals surface area contributed by atoms with E-state index in [1.165, 1.54) is 4.88 Å². The first-order chi connectivity index (χ1) is 16.2. The van der Waals surface area contributed by atoms with Crippen LogP contribution in [0.2, 0.25) is 0 Å². The van der Waals surface area contributed by atoms with E-state index in [0.29, 0.717) is 4.91 Å². The quantitative estimate of drug-likeness (QED) is 0.539. The Labute approximate surface area is 201 Å². The Balaban J connectivity index is 1.27. The van der Waals surface area contributed by atoms with E-state index in [-0.39, 0.29) is 35.3 Å². The number of nitrogens with zero attached hydrogens (tertiary/aromatic N) is 1. The highest BCUT2D eigenvalue weighted by Gasteiger charge is 2.51. The van der Waals surface area contributed by atoms with Gasteiger partial charge < -0.3 is 21.3 Å². The molecule has 4 aliphatic rings. The normalized spacial score (nSPS) is 29.0. The molecule has 3 unspecified atom stereocenters. The molecule has 3 saturated heterocycles. The number of urea groups is 1. The van der Waals surface area contributed by atoms with Gasteiger partial charge in [-0.3, -0.25) is 9.69 Å². The van der Waals surface area contributed by atoms with Crippen molar-refractivity contribution in [3.05, 3.63) is 52.4 Å². The summed E-state index contributed by atoms with van der Waals surface area (Å²) in [5.74, 6) is 0.0105. The van der Waals surface area contributed by atoms with Gasteiger partial charge in [-0.25, -0.2) is 4.79 Å². The summed E-state index contributed by atoms with van der Waals surface area (Å²) in [6.07, 6.45) is 2.91. The van der Waals surface area contributed by atoms with Crippen molar-refractivity contribution in [1.29, 1.82) is 0 Å². The van der Waals surface area contributed by atoms with Crippen LogP contribution in [0.25, 0.3) is 10.4 Å². The maximum absolute atomic E-state index is 13.3. The summed E-state index contributed by atoms with van der Waals surface area (Å²) < 4.78 is 0. The Morgan fingerprint density at radius 3 is 2.76 bits per heavy atom. The predicted octanol–water partition coefficient (Wildman–Crippen LogP) is 3.08. The van der Waals surface area contributed by atoms with Crippen molar-refractivity contribution in [3.63, 3.8) is 0 Å². The molecule has 7 nitrogen and oxygen atoms in total. The highest BCUT2D eigenvalue weighted by molar-refractivity contribution is 8.04.